The van der Waals surface area contributed by atoms with Crippen LogP contribution in [0, 0.1) is 0 Å². The molecule has 0 aliphatic carbocycles. The standard InChI is InChI=1S/C23H19NO5/c1-16(25)17-10-12-20(13-11-17)29-22(26)15-28-21-9-5-8-19(14-21)24-23(27)18-6-3-2-4-7-18/h2-14H,15H2,1H3,(H,24,27). The minimum absolute atomic E-state index is 0.0644. The predicted molar refractivity (Wildman–Crippen MR) is 108 cm³/mol. The summed E-state index contributed by atoms with van der Waals surface area (Å²) in [6.45, 7) is 1.16. The van der Waals surface area contributed by atoms with Gasteiger partial charge < -0.3 is 14.8 Å². The summed E-state index contributed by atoms with van der Waals surface area (Å²) in [6.07, 6.45) is 0. The smallest absolute Gasteiger partial charge is 0.349 e. The van der Waals surface area contributed by atoms with Gasteiger partial charge in [0.25, 0.3) is 5.91 Å². The summed E-state index contributed by atoms with van der Waals surface area (Å²) >= 11 is 0. The van der Waals surface area contributed by atoms with Crippen LogP contribution < -0.4 is 14.8 Å². The van der Waals surface area contributed by atoms with Gasteiger partial charge in [0.2, 0.25) is 0 Å². The average Bonchev–Trinajstić information content (AvgIpc) is 2.73. The fourth-order valence-corrected chi connectivity index (χ4v) is 2.52. The topological polar surface area (TPSA) is 81.7 Å². The van der Waals surface area contributed by atoms with Gasteiger partial charge in [0.1, 0.15) is 11.5 Å². The third-order valence-electron chi connectivity index (χ3n) is 3.98. The zero-order valence-electron chi connectivity index (χ0n) is 15.8. The molecule has 0 unspecified atom stereocenters. The summed E-state index contributed by atoms with van der Waals surface area (Å²) in [5.74, 6) is -0.145. The average molecular weight is 389 g/mol. The molecule has 0 radical (unpaired) electrons. The highest BCUT2D eigenvalue weighted by Gasteiger charge is 2.09. The van der Waals surface area contributed by atoms with Gasteiger partial charge in [-0.15, -0.1) is 0 Å². The molecule has 1 N–H and O–H groups in total. The van der Waals surface area contributed by atoms with E-state index in [2.05, 4.69) is 5.32 Å². The third-order valence-corrected chi connectivity index (χ3v) is 3.98. The quantitative estimate of drug-likeness (QED) is 0.373. The second-order valence-corrected chi connectivity index (χ2v) is 6.19. The van der Waals surface area contributed by atoms with E-state index >= 15 is 0 Å². The van der Waals surface area contributed by atoms with E-state index in [1.807, 2.05) is 6.07 Å². The van der Waals surface area contributed by atoms with Gasteiger partial charge in [-0.1, -0.05) is 24.3 Å². The zero-order chi connectivity index (χ0) is 20.6. The Balaban J connectivity index is 1.54. The van der Waals surface area contributed by atoms with Crippen molar-refractivity contribution in [3.05, 3.63) is 90.0 Å². The highest BCUT2D eigenvalue weighted by molar-refractivity contribution is 6.04. The summed E-state index contributed by atoms with van der Waals surface area (Å²) in [5.41, 5.74) is 1.62. The van der Waals surface area contributed by atoms with Crippen LogP contribution in [0.3, 0.4) is 0 Å². The number of anilines is 1. The van der Waals surface area contributed by atoms with Crippen LogP contribution in [-0.4, -0.2) is 24.3 Å². The van der Waals surface area contributed by atoms with Crippen LogP contribution in [0.25, 0.3) is 0 Å². The first-order chi connectivity index (χ1) is 14.0. The second-order valence-electron chi connectivity index (χ2n) is 6.19. The highest BCUT2D eigenvalue weighted by atomic mass is 16.6. The van der Waals surface area contributed by atoms with E-state index in [4.69, 9.17) is 9.47 Å². The first kappa shape index (κ1) is 19.8. The molecule has 0 saturated heterocycles. The lowest BCUT2D eigenvalue weighted by atomic mass is 10.1. The number of nitrogens with one attached hydrogen (secondary N) is 1. The van der Waals surface area contributed by atoms with E-state index in [9.17, 15) is 14.4 Å². The fraction of sp³-hybridized carbons (Fsp3) is 0.0870. The number of ether oxygens (including phenoxy) is 2. The molecular formula is C23H19NO5. The molecule has 1 amide bonds. The summed E-state index contributed by atoms with van der Waals surface area (Å²) < 4.78 is 10.6. The molecule has 29 heavy (non-hydrogen) atoms. The van der Waals surface area contributed by atoms with Crippen LogP contribution in [0.5, 0.6) is 11.5 Å². The Hall–Kier alpha value is -3.93. The van der Waals surface area contributed by atoms with Gasteiger partial charge >= 0.3 is 5.97 Å². The first-order valence-corrected chi connectivity index (χ1v) is 8.92. The molecule has 3 aromatic rings. The lowest BCUT2D eigenvalue weighted by Gasteiger charge is -2.09. The summed E-state index contributed by atoms with van der Waals surface area (Å²) in [4.78, 5) is 35.4. The van der Waals surface area contributed by atoms with E-state index in [0.717, 1.165) is 0 Å². The number of esters is 1. The molecule has 3 rings (SSSR count). The Morgan fingerprint density at radius 2 is 1.52 bits per heavy atom. The molecule has 0 aliphatic heterocycles. The highest BCUT2D eigenvalue weighted by Crippen LogP contribution is 2.19. The zero-order valence-corrected chi connectivity index (χ0v) is 15.8. The maximum atomic E-state index is 12.2. The molecule has 0 heterocycles. The van der Waals surface area contributed by atoms with Crippen molar-refractivity contribution in [3.63, 3.8) is 0 Å². The number of carbonyl (C=O) groups excluding carboxylic acids is 3. The van der Waals surface area contributed by atoms with Gasteiger partial charge in [-0.05, 0) is 55.5 Å². The van der Waals surface area contributed by atoms with Gasteiger partial charge in [-0.2, -0.15) is 0 Å². The van der Waals surface area contributed by atoms with Crippen molar-refractivity contribution < 1.29 is 23.9 Å². The van der Waals surface area contributed by atoms with E-state index in [1.165, 1.54) is 6.92 Å². The molecule has 0 aromatic heterocycles. The Morgan fingerprint density at radius 1 is 0.793 bits per heavy atom. The molecule has 6 heteroatoms. The molecule has 0 spiro atoms. The van der Waals surface area contributed by atoms with Crippen LogP contribution >= 0.6 is 0 Å². The van der Waals surface area contributed by atoms with Crippen molar-refractivity contribution in [3.8, 4) is 11.5 Å². The van der Waals surface area contributed by atoms with Gasteiger partial charge in [0, 0.05) is 22.9 Å². The number of carbonyl (C=O) groups is 3. The van der Waals surface area contributed by atoms with Crippen LogP contribution in [0.1, 0.15) is 27.6 Å². The number of hydrogen-bond donors (Lipinski definition) is 1. The Kier molecular flexibility index (Phi) is 6.37. The molecular weight excluding hydrogens is 370 g/mol. The Labute approximate surface area is 168 Å². The summed E-state index contributed by atoms with van der Waals surface area (Å²) in [6, 6.07) is 21.8. The summed E-state index contributed by atoms with van der Waals surface area (Å²) in [5, 5.41) is 2.78. The van der Waals surface area contributed by atoms with E-state index in [-0.39, 0.29) is 18.3 Å². The largest absolute Gasteiger partial charge is 0.482 e. The molecule has 0 bridgehead atoms. The lowest BCUT2D eigenvalue weighted by Crippen LogP contribution is -2.18. The van der Waals surface area contributed by atoms with E-state index in [1.54, 1.807) is 72.8 Å². The van der Waals surface area contributed by atoms with Crippen molar-refractivity contribution in [1.82, 2.24) is 0 Å². The molecule has 3 aromatic carbocycles. The lowest BCUT2D eigenvalue weighted by molar-refractivity contribution is -0.136. The van der Waals surface area contributed by atoms with Crippen LogP contribution in [0.15, 0.2) is 78.9 Å². The van der Waals surface area contributed by atoms with Crippen molar-refractivity contribution in [2.75, 3.05) is 11.9 Å². The maximum Gasteiger partial charge on any atom is 0.349 e. The predicted octanol–water partition coefficient (Wildman–Crippen LogP) is 4.13. The van der Waals surface area contributed by atoms with Crippen LogP contribution in [-0.2, 0) is 4.79 Å². The molecule has 0 atom stereocenters. The van der Waals surface area contributed by atoms with E-state index < -0.39 is 5.97 Å². The number of benzene rings is 3. The first-order valence-electron chi connectivity index (χ1n) is 8.92. The van der Waals surface area contributed by atoms with Gasteiger partial charge in [-0.3, -0.25) is 9.59 Å². The monoisotopic (exact) mass is 389 g/mol. The number of ketones is 1. The van der Waals surface area contributed by atoms with Gasteiger partial charge in [0.15, 0.2) is 12.4 Å². The van der Waals surface area contributed by atoms with Crippen molar-refractivity contribution in [1.29, 1.82) is 0 Å². The number of rotatable bonds is 7. The van der Waals surface area contributed by atoms with Crippen LogP contribution in [0.4, 0.5) is 5.69 Å². The van der Waals surface area contributed by atoms with Crippen molar-refractivity contribution in [2.45, 2.75) is 6.92 Å². The molecule has 0 aliphatic rings. The Morgan fingerprint density at radius 3 is 2.21 bits per heavy atom. The Bertz CT molecular complexity index is 1010. The number of amides is 1. The number of hydrogen-bond acceptors (Lipinski definition) is 5. The summed E-state index contributed by atoms with van der Waals surface area (Å²) in [7, 11) is 0. The van der Waals surface area contributed by atoms with Crippen molar-refractivity contribution >= 4 is 23.3 Å². The molecule has 146 valence electrons. The van der Waals surface area contributed by atoms with Crippen molar-refractivity contribution in [2.24, 2.45) is 0 Å². The second kappa shape index (κ2) is 9.32. The van der Waals surface area contributed by atoms with E-state index in [0.29, 0.717) is 28.3 Å². The van der Waals surface area contributed by atoms with Gasteiger partial charge in [-0.25, -0.2) is 4.79 Å². The minimum Gasteiger partial charge on any atom is -0.482 e. The number of Topliss-reactive ketones (excluding diaryl/α,β-unsaturated/α-hetero) is 1. The maximum absolute atomic E-state index is 12.2. The normalized spacial score (nSPS) is 10.1. The third kappa shape index (κ3) is 5.77. The van der Waals surface area contributed by atoms with Gasteiger partial charge in [0.05, 0.1) is 0 Å². The fourth-order valence-electron chi connectivity index (χ4n) is 2.52. The SMILES string of the molecule is CC(=O)c1ccc(OC(=O)COc2cccc(NC(=O)c3ccccc3)c2)cc1. The van der Waals surface area contributed by atoms with Crippen LogP contribution in [0.2, 0.25) is 0 Å². The molecule has 0 saturated carbocycles. The molecule has 6 nitrogen and oxygen atoms in total. The minimum atomic E-state index is -0.584. The molecule has 0 fully saturated rings.